The first-order chi connectivity index (χ1) is 9.62. The lowest BCUT2D eigenvalue weighted by Gasteiger charge is -2.29. The molecule has 2 rings (SSSR count). The minimum atomic E-state index is -0.189. The van der Waals surface area contributed by atoms with Gasteiger partial charge in [-0.25, -0.2) is 0 Å². The Bertz CT molecular complexity index is 462. The van der Waals surface area contributed by atoms with Gasteiger partial charge in [0.2, 0.25) is 0 Å². The average molecular weight is 279 g/mol. The summed E-state index contributed by atoms with van der Waals surface area (Å²) in [5, 5.41) is 7.48. The Morgan fingerprint density at radius 1 is 1.50 bits per heavy atom. The van der Waals surface area contributed by atoms with Crippen LogP contribution in [-0.2, 0) is 11.3 Å². The van der Waals surface area contributed by atoms with Crippen LogP contribution in [0, 0.1) is 6.92 Å². The molecular formula is C15H25N3O2. The molecule has 0 bridgehead atoms. The Hall–Kier alpha value is -1.36. The number of aromatic nitrogens is 2. The predicted molar refractivity (Wildman–Crippen MR) is 77.8 cm³/mol. The highest BCUT2D eigenvalue weighted by atomic mass is 16.5. The van der Waals surface area contributed by atoms with Crippen molar-refractivity contribution in [2.45, 2.75) is 58.0 Å². The summed E-state index contributed by atoms with van der Waals surface area (Å²) >= 11 is 0. The highest BCUT2D eigenvalue weighted by Gasteiger charge is 2.36. The van der Waals surface area contributed by atoms with Crippen LogP contribution in [0.25, 0.3) is 0 Å². The molecule has 1 saturated carbocycles. The van der Waals surface area contributed by atoms with Crippen molar-refractivity contribution >= 4 is 5.91 Å². The molecule has 1 fully saturated rings. The largest absolute Gasteiger partial charge is 0.382 e. The van der Waals surface area contributed by atoms with Crippen LogP contribution in [0.4, 0.5) is 0 Å². The van der Waals surface area contributed by atoms with Gasteiger partial charge in [0.25, 0.3) is 5.91 Å². The third kappa shape index (κ3) is 3.03. The monoisotopic (exact) mass is 279 g/mol. The summed E-state index contributed by atoms with van der Waals surface area (Å²) < 4.78 is 7.20. The SMILES string of the molecule is CCCn1ncc(C(=O)NC2(COC)CCCC2)c1C. The van der Waals surface area contributed by atoms with Gasteiger partial charge in [0.05, 0.1) is 23.9 Å². The minimum absolute atomic E-state index is 0.0243. The quantitative estimate of drug-likeness (QED) is 0.869. The number of carbonyl (C=O) groups is 1. The van der Waals surface area contributed by atoms with E-state index in [1.807, 2.05) is 11.6 Å². The molecule has 1 aliphatic rings. The van der Waals surface area contributed by atoms with Gasteiger partial charge in [-0.05, 0) is 26.2 Å². The second-order valence-corrected chi connectivity index (χ2v) is 5.74. The van der Waals surface area contributed by atoms with Crippen molar-refractivity contribution in [2.75, 3.05) is 13.7 Å². The van der Waals surface area contributed by atoms with E-state index in [4.69, 9.17) is 4.74 Å². The summed E-state index contributed by atoms with van der Waals surface area (Å²) in [5.41, 5.74) is 1.43. The Morgan fingerprint density at radius 3 is 2.80 bits per heavy atom. The summed E-state index contributed by atoms with van der Waals surface area (Å²) in [7, 11) is 1.69. The number of hydrogen-bond donors (Lipinski definition) is 1. The molecule has 0 aromatic carbocycles. The van der Waals surface area contributed by atoms with Crippen LogP contribution < -0.4 is 5.32 Å². The summed E-state index contributed by atoms with van der Waals surface area (Å²) in [6.07, 6.45) is 6.98. The molecule has 5 nitrogen and oxygen atoms in total. The molecule has 0 radical (unpaired) electrons. The van der Waals surface area contributed by atoms with E-state index in [1.165, 1.54) is 0 Å². The van der Waals surface area contributed by atoms with Gasteiger partial charge >= 0.3 is 0 Å². The number of methoxy groups -OCH3 is 1. The molecule has 0 saturated heterocycles. The van der Waals surface area contributed by atoms with Crippen molar-refractivity contribution in [3.05, 3.63) is 17.5 Å². The number of nitrogens with zero attached hydrogens (tertiary/aromatic N) is 2. The third-order valence-electron chi connectivity index (χ3n) is 4.14. The van der Waals surface area contributed by atoms with Crippen molar-refractivity contribution in [2.24, 2.45) is 0 Å². The number of hydrogen-bond acceptors (Lipinski definition) is 3. The van der Waals surface area contributed by atoms with Gasteiger partial charge < -0.3 is 10.1 Å². The molecule has 0 unspecified atom stereocenters. The minimum Gasteiger partial charge on any atom is -0.382 e. The van der Waals surface area contributed by atoms with E-state index >= 15 is 0 Å². The van der Waals surface area contributed by atoms with Crippen molar-refractivity contribution in [1.82, 2.24) is 15.1 Å². The fraction of sp³-hybridized carbons (Fsp3) is 0.733. The number of carbonyl (C=O) groups excluding carboxylic acids is 1. The van der Waals surface area contributed by atoms with Crippen LogP contribution in [0.5, 0.6) is 0 Å². The Morgan fingerprint density at radius 2 is 2.20 bits per heavy atom. The number of amides is 1. The standard InChI is InChI=1S/C15H25N3O2/c1-4-9-18-12(2)13(10-16-18)14(19)17-15(11-20-3)7-5-6-8-15/h10H,4-9,11H2,1-3H3,(H,17,19). The molecule has 0 aliphatic heterocycles. The molecular weight excluding hydrogens is 254 g/mol. The second kappa shape index (κ2) is 6.39. The first-order valence-electron chi connectivity index (χ1n) is 7.46. The molecule has 1 aliphatic carbocycles. The van der Waals surface area contributed by atoms with E-state index in [-0.39, 0.29) is 11.4 Å². The Kier molecular flexibility index (Phi) is 4.81. The lowest BCUT2D eigenvalue weighted by atomic mass is 9.98. The van der Waals surface area contributed by atoms with E-state index in [2.05, 4.69) is 17.3 Å². The van der Waals surface area contributed by atoms with Gasteiger partial charge in [-0.2, -0.15) is 5.10 Å². The molecule has 112 valence electrons. The number of ether oxygens (including phenoxy) is 1. The van der Waals surface area contributed by atoms with Gasteiger partial charge in [-0.3, -0.25) is 9.48 Å². The molecule has 5 heteroatoms. The van der Waals surface area contributed by atoms with E-state index in [0.717, 1.165) is 44.3 Å². The molecule has 1 aromatic rings. The predicted octanol–water partition coefficient (Wildman–Crippen LogP) is 2.29. The molecule has 20 heavy (non-hydrogen) atoms. The molecule has 0 atom stereocenters. The van der Waals surface area contributed by atoms with E-state index in [9.17, 15) is 4.79 Å². The average Bonchev–Trinajstić information content (AvgIpc) is 2.99. The lowest BCUT2D eigenvalue weighted by molar-refractivity contribution is 0.0766. The molecule has 1 amide bonds. The zero-order valence-electron chi connectivity index (χ0n) is 12.7. The number of aryl methyl sites for hydroxylation is 1. The first kappa shape index (κ1) is 15.0. The summed E-state index contributed by atoms with van der Waals surface area (Å²) in [4.78, 5) is 12.5. The van der Waals surface area contributed by atoms with Crippen molar-refractivity contribution in [3.63, 3.8) is 0 Å². The fourth-order valence-electron chi connectivity index (χ4n) is 3.05. The van der Waals surface area contributed by atoms with Crippen molar-refractivity contribution in [1.29, 1.82) is 0 Å². The van der Waals surface area contributed by atoms with Crippen LogP contribution in [0.1, 0.15) is 55.1 Å². The van der Waals surface area contributed by atoms with Crippen molar-refractivity contribution in [3.8, 4) is 0 Å². The smallest absolute Gasteiger partial charge is 0.255 e. The van der Waals surface area contributed by atoms with Crippen LogP contribution >= 0.6 is 0 Å². The number of rotatable bonds is 6. The van der Waals surface area contributed by atoms with Crippen LogP contribution in [0.2, 0.25) is 0 Å². The normalized spacial score (nSPS) is 17.4. The zero-order chi connectivity index (χ0) is 14.6. The van der Waals surface area contributed by atoms with Crippen LogP contribution in [0.3, 0.4) is 0 Å². The summed E-state index contributed by atoms with van der Waals surface area (Å²) in [5.74, 6) is -0.0243. The molecule has 1 N–H and O–H groups in total. The van der Waals surface area contributed by atoms with E-state index < -0.39 is 0 Å². The third-order valence-corrected chi connectivity index (χ3v) is 4.14. The van der Waals surface area contributed by atoms with Crippen LogP contribution in [0.15, 0.2) is 6.20 Å². The Balaban J connectivity index is 2.11. The van der Waals surface area contributed by atoms with Gasteiger partial charge in [-0.1, -0.05) is 19.8 Å². The maximum absolute atomic E-state index is 12.5. The lowest BCUT2D eigenvalue weighted by Crippen LogP contribution is -2.49. The maximum atomic E-state index is 12.5. The highest BCUT2D eigenvalue weighted by Crippen LogP contribution is 2.30. The number of nitrogens with one attached hydrogen (secondary N) is 1. The highest BCUT2D eigenvalue weighted by molar-refractivity contribution is 5.95. The molecule has 1 heterocycles. The Labute approximate surface area is 120 Å². The van der Waals surface area contributed by atoms with Gasteiger partial charge in [-0.15, -0.1) is 0 Å². The summed E-state index contributed by atoms with van der Waals surface area (Å²) in [6.45, 7) is 5.49. The summed E-state index contributed by atoms with van der Waals surface area (Å²) in [6, 6.07) is 0. The maximum Gasteiger partial charge on any atom is 0.255 e. The fourth-order valence-corrected chi connectivity index (χ4v) is 3.05. The first-order valence-corrected chi connectivity index (χ1v) is 7.46. The molecule has 0 spiro atoms. The van der Waals surface area contributed by atoms with Gasteiger partial charge in [0.1, 0.15) is 0 Å². The zero-order valence-corrected chi connectivity index (χ0v) is 12.7. The second-order valence-electron chi connectivity index (χ2n) is 5.74. The van der Waals surface area contributed by atoms with E-state index in [0.29, 0.717) is 12.2 Å². The van der Waals surface area contributed by atoms with Gasteiger partial charge in [0.15, 0.2) is 0 Å². The molecule has 1 aromatic heterocycles. The van der Waals surface area contributed by atoms with Crippen LogP contribution in [-0.4, -0.2) is 34.9 Å². The van der Waals surface area contributed by atoms with Gasteiger partial charge in [0, 0.05) is 19.3 Å². The van der Waals surface area contributed by atoms with Crippen molar-refractivity contribution < 1.29 is 9.53 Å². The van der Waals surface area contributed by atoms with E-state index in [1.54, 1.807) is 13.3 Å². The topological polar surface area (TPSA) is 56.2 Å².